The van der Waals surface area contributed by atoms with Crippen LogP contribution in [0.4, 0.5) is 0 Å². The molecule has 0 aliphatic heterocycles. The summed E-state index contributed by atoms with van der Waals surface area (Å²) in [6, 6.07) is 2.84. The molecule has 0 aliphatic carbocycles. The van der Waals surface area contributed by atoms with E-state index >= 15 is 0 Å². The van der Waals surface area contributed by atoms with Gasteiger partial charge in [0.2, 0.25) is 5.52 Å². The summed E-state index contributed by atoms with van der Waals surface area (Å²) >= 11 is 9.04. The van der Waals surface area contributed by atoms with Crippen molar-refractivity contribution >= 4 is 44.5 Å². The summed E-state index contributed by atoms with van der Waals surface area (Å²) in [5.41, 5.74) is -1.08. The molecule has 2 rings (SSSR count). The van der Waals surface area contributed by atoms with E-state index in [1.165, 1.54) is 12.1 Å². The minimum atomic E-state index is -0.966. The zero-order chi connectivity index (χ0) is 14.2. The average molecular weight is 348 g/mol. The van der Waals surface area contributed by atoms with Gasteiger partial charge in [-0.25, -0.2) is 4.79 Å². The highest BCUT2D eigenvalue weighted by molar-refractivity contribution is 9.10. The second kappa shape index (κ2) is 5.18. The molecule has 1 N–H and O–H groups in total. The Morgan fingerprint density at radius 2 is 2.26 bits per heavy atom. The number of H-pyrrole nitrogens is 1. The Balaban J connectivity index is 2.78. The van der Waals surface area contributed by atoms with Crippen molar-refractivity contribution in [3.05, 3.63) is 42.9 Å². The number of carbonyl (C=O) groups excluding carboxylic acids is 1. The van der Waals surface area contributed by atoms with Crippen LogP contribution in [-0.2, 0) is 4.74 Å². The van der Waals surface area contributed by atoms with Gasteiger partial charge in [0, 0.05) is 10.5 Å². The van der Waals surface area contributed by atoms with Crippen LogP contribution in [0.15, 0.2) is 21.4 Å². The van der Waals surface area contributed by atoms with Crippen LogP contribution >= 0.6 is 27.5 Å². The summed E-state index contributed by atoms with van der Waals surface area (Å²) in [5.74, 6) is -0.966. The van der Waals surface area contributed by atoms with Crippen molar-refractivity contribution in [3.8, 4) is 0 Å². The van der Waals surface area contributed by atoms with Crippen molar-refractivity contribution in [1.29, 1.82) is 0 Å². The lowest BCUT2D eigenvalue weighted by molar-refractivity contribution is -0.581. The number of fused-ring (bicyclic) bond motifs is 1. The minimum Gasteiger partial charge on any atom is -0.617 e. The molecule has 1 aromatic heterocycles. The third-order valence-corrected chi connectivity index (χ3v) is 3.59. The first-order chi connectivity index (χ1) is 8.95. The smallest absolute Gasteiger partial charge is 0.411 e. The van der Waals surface area contributed by atoms with Crippen LogP contribution in [0.2, 0.25) is 5.02 Å². The van der Waals surface area contributed by atoms with E-state index < -0.39 is 17.2 Å². The van der Waals surface area contributed by atoms with Gasteiger partial charge in [-0.2, -0.15) is 4.73 Å². The highest BCUT2D eigenvalue weighted by Crippen LogP contribution is 2.25. The van der Waals surface area contributed by atoms with E-state index in [1.807, 2.05) is 0 Å². The van der Waals surface area contributed by atoms with Crippen molar-refractivity contribution in [2.24, 2.45) is 0 Å². The maximum absolute atomic E-state index is 12.1. The quantitative estimate of drug-likeness (QED) is 0.509. The summed E-state index contributed by atoms with van der Waals surface area (Å²) in [5, 5.41) is 12.4. The molecule has 1 heterocycles. The summed E-state index contributed by atoms with van der Waals surface area (Å²) < 4.78 is 5.40. The largest absolute Gasteiger partial charge is 0.617 e. The van der Waals surface area contributed by atoms with Crippen LogP contribution in [0.25, 0.3) is 11.0 Å². The van der Waals surface area contributed by atoms with Crippen LogP contribution in [0.3, 0.4) is 0 Å². The van der Waals surface area contributed by atoms with Gasteiger partial charge >= 0.3 is 17.2 Å². The van der Waals surface area contributed by atoms with Crippen LogP contribution < -0.4 is 10.3 Å². The van der Waals surface area contributed by atoms with Gasteiger partial charge in [0.15, 0.2) is 0 Å². The Labute approximate surface area is 120 Å². The maximum atomic E-state index is 12.1. The maximum Gasteiger partial charge on any atom is 0.411 e. The minimum absolute atomic E-state index is 0.0701. The Bertz CT molecular complexity index is 729. The molecule has 6 nitrogen and oxygen atoms in total. The van der Waals surface area contributed by atoms with E-state index in [-0.39, 0.29) is 22.4 Å². The van der Waals surface area contributed by atoms with Crippen molar-refractivity contribution in [3.63, 3.8) is 0 Å². The second-order valence-electron chi connectivity index (χ2n) is 3.60. The van der Waals surface area contributed by atoms with Crippen molar-refractivity contribution in [1.82, 2.24) is 4.98 Å². The SMILES string of the molecule is CCOC(=O)c1c(=O)[nH]c2cc(Cl)c(Br)cc2[n+]1[O-]. The molecule has 0 atom stereocenters. The number of esters is 1. The first kappa shape index (κ1) is 13.8. The van der Waals surface area contributed by atoms with Gasteiger partial charge in [-0.1, -0.05) is 11.6 Å². The number of hydrogen-bond donors (Lipinski definition) is 1. The Hall–Kier alpha value is -1.60. The molecule has 0 spiro atoms. The predicted molar refractivity (Wildman–Crippen MR) is 72.2 cm³/mol. The van der Waals surface area contributed by atoms with Crippen LogP contribution in [0.5, 0.6) is 0 Å². The lowest BCUT2D eigenvalue weighted by atomic mass is 10.3. The molecule has 19 heavy (non-hydrogen) atoms. The monoisotopic (exact) mass is 346 g/mol. The molecule has 0 radical (unpaired) electrons. The molecule has 1 aromatic carbocycles. The fourth-order valence-electron chi connectivity index (χ4n) is 1.57. The van der Waals surface area contributed by atoms with E-state index in [0.717, 1.165) is 0 Å². The van der Waals surface area contributed by atoms with Gasteiger partial charge in [0.1, 0.15) is 5.52 Å². The van der Waals surface area contributed by atoms with Crippen LogP contribution in [0.1, 0.15) is 17.4 Å². The van der Waals surface area contributed by atoms with Crippen molar-refractivity contribution in [2.45, 2.75) is 6.92 Å². The van der Waals surface area contributed by atoms with Crippen LogP contribution in [-0.4, -0.2) is 17.6 Å². The topological polar surface area (TPSA) is 86.1 Å². The van der Waals surface area contributed by atoms with Gasteiger partial charge in [0.25, 0.3) is 0 Å². The number of carbonyl (C=O) groups is 1. The van der Waals surface area contributed by atoms with E-state index in [1.54, 1.807) is 6.92 Å². The second-order valence-corrected chi connectivity index (χ2v) is 4.86. The number of hydrogen-bond acceptors (Lipinski definition) is 4. The number of ether oxygens (including phenoxy) is 1. The first-order valence-electron chi connectivity index (χ1n) is 5.27. The molecule has 0 bridgehead atoms. The number of aromatic amines is 1. The van der Waals surface area contributed by atoms with Gasteiger partial charge in [-0.3, -0.25) is 4.79 Å². The molecule has 0 amide bonds. The van der Waals surface area contributed by atoms with Gasteiger partial charge in [0.05, 0.1) is 11.6 Å². The Morgan fingerprint density at radius 3 is 2.89 bits per heavy atom. The molecule has 100 valence electrons. The fourth-order valence-corrected chi connectivity index (χ4v) is 2.07. The van der Waals surface area contributed by atoms with Gasteiger partial charge in [-0.05, 0) is 28.9 Å². The number of nitrogens with zero attached hydrogens (tertiary/aromatic N) is 1. The zero-order valence-electron chi connectivity index (χ0n) is 9.70. The predicted octanol–water partition coefficient (Wildman–Crippen LogP) is 1.75. The van der Waals surface area contributed by atoms with Crippen molar-refractivity contribution in [2.75, 3.05) is 6.61 Å². The van der Waals surface area contributed by atoms with Crippen LogP contribution in [0, 0.1) is 5.21 Å². The lowest BCUT2D eigenvalue weighted by Crippen LogP contribution is -2.43. The lowest BCUT2D eigenvalue weighted by Gasteiger charge is -2.07. The average Bonchev–Trinajstić information content (AvgIpc) is 2.32. The normalized spacial score (nSPS) is 10.7. The van der Waals surface area contributed by atoms with E-state index in [9.17, 15) is 14.8 Å². The number of halogens is 2. The standard InChI is InChI=1S/C11H8BrClN2O4/c1-2-19-11(17)9-10(16)14-7-4-6(13)5(12)3-8(7)15(9)18/h3-4H,2H2,1H3,(H,14,16). The highest BCUT2D eigenvalue weighted by atomic mass is 79.9. The summed E-state index contributed by atoms with van der Waals surface area (Å²) in [6.45, 7) is 1.65. The number of aromatic nitrogens is 2. The molecule has 0 fully saturated rings. The molecule has 0 saturated carbocycles. The van der Waals surface area contributed by atoms with E-state index in [0.29, 0.717) is 9.50 Å². The third-order valence-electron chi connectivity index (χ3n) is 2.39. The summed E-state index contributed by atoms with van der Waals surface area (Å²) in [4.78, 5) is 25.7. The number of rotatable bonds is 2. The summed E-state index contributed by atoms with van der Waals surface area (Å²) in [6.07, 6.45) is 0. The fraction of sp³-hybridized carbons (Fsp3) is 0.182. The van der Waals surface area contributed by atoms with E-state index in [4.69, 9.17) is 11.6 Å². The molecular formula is C11H8BrClN2O4. The molecular weight excluding hydrogens is 339 g/mol. The molecule has 0 aliphatic rings. The molecule has 0 unspecified atom stereocenters. The molecule has 8 heteroatoms. The third kappa shape index (κ3) is 2.43. The summed E-state index contributed by atoms with van der Waals surface area (Å²) in [7, 11) is 0. The highest BCUT2D eigenvalue weighted by Gasteiger charge is 2.26. The van der Waals surface area contributed by atoms with Gasteiger partial charge in [-0.15, -0.1) is 0 Å². The first-order valence-corrected chi connectivity index (χ1v) is 6.44. The van der Waals surface area contributed by atoms with Gasteiger partial charge < -0.3 is 14.9 Å². The van der Waals surface area contributed by atoms with Crippen molar-refractivity contribution < 1.29 is 14.3 Å². The molecule has 2 aromatic rings. The van der Waals surface area contributed by atoms with E-state index in [2.05, 4.69) is 25.7 Å². The number of nitrogens with one attached hydrogen (secondary N) is 1. The Morgan fingerprint density at radius 1 is 1.58 bits per heavy atom. The zero-order valence-corrected chi connectivity index (χ0v) is 12.0. The molecule has 0 saturated heterocycles. The Kier molecular flexibility index (Phi) is 3.77. The number of benzene rings is 1.